The van der Waals surface area contributed by atoms with Crippen molar-refractivity contribution in [1.29, 1.82) is 0 Å². The number of hydrogen-bond acceptors (Lipinski definition) is 6. The average molecular weight is 397 g/mol. The molecule has 0 aliphatic carbocycles. The standard InChI is InChI=1S/C19H31N3O6/c1-18(2,3)28-17(26)21-13(7-12-5-4-6-20-15(12)24)14(23)16(25)22-8-19(9-22)10-27-11-19/h12-14,23H,4-11H2,1-3H3,(H,20,24)(H,21,26)/t12-,13-,14?/m0/s1. The van der Waals surface area contributed by atoms with Crippen LogP contribution in [0.15, 0.2) is 0 Å². The fourth-order valence-corrected chi connectivity index (χ4v) is 3.94. The number of rotatable bonds is 5. The van der Waals surface area contributed by atoms with E-state index in [0.717, 1.165) is 6.42 Å². The molecule has 3 N–H and O–H groups in total. The summed E-state index contributed by atoms with van der Waals surface area (Å²) in [5.74, 6) is -0.912. The lowest BCUT2D eigenvalue weighted by Gasteiger charge is -2.55. The number of nitrogens with one attached hydrogen (secondary N) is 2. The van der Waals surface area contributed by atoms with Gasteiger partial charge in [-0.05, 0) is 40.0 Å². The molecule has 3 saturated heterocycles. The summed E-state index contributed by atoms with van der Waals surface area (Å²) in [6.07, 6.45) is -0.480. The van der Waals surface area contributed by atoms with Gasteiger partial charge in [0.2, 0.25) is 5.91 Å². The summed E-state index contributed by atoms with van der Waals surface area (Å²) in [7, 11) is 0. The molecule has 0 aromatic carbocycles. The molecule has 0 saturated carbocycles. The molecule has 1 unspecified atom stereocenters. The van der Waals surface area contributed by atoms with Gasteiger partial charge in [0.25, 0.3) is 5.91 Å². The van der Waals surface area contributed by atoms with Gasteiger partial charge in [0.15, 0.2) is 6.10 Å². The number of alkyl carbamates (subject to hydrolysis) is 1. The number of hydrogen-bond donors (Lipinski definition) is 3. The second-order valence-electron chi connectivity index (χ2n) is 9.25. The molecule has 0 bridgehead atoms. The highest BCUT2D eigenvalue weighted by Crippen LogP contribution is 2.38. The van der Waals surface area contributed by atoms with Crippen molar-refractivity contribution in [1.82, 2.24) is 15.5 Å². The quantitative estimate of drug-likeness (QED) is 0.602. The third kappa shape index (κ3) is 4.75. The molecule has 1 spiro atoms. The molecule has 3 rings (SSSR count). The Hall–Kier alpha value is -1.87. The molecule has 3 atom stereocenters. The molecule has 3 fully saturated rings. The minimum atomic E-state index is -1.43. The number of aliphatic hydroxyl groups is 1. The molecule has 3 amide bonds. The lowest BCUT2D eigenvalue weighted by Crippen LogP contribution is -2.69. The van der Waals surface area contributed by atoms with Gasteiger partial charge in [0.1, 0.15) is 5.60 Å². The van der Waals surface area contributed by atoms with Crippen LogP contribution in [0.2, 0.25) is 0 Å². The van der Waals surface area contributed by atoms with Gasteiger partial charge in [0.05, 0.1) is 24.7 Å². The maximum atomic E-state index is 12.7. The van der Waals surface area contributed by atoms with Crippen molar-refractivity contribution in [3.05, 3.63) is 0 Å². The molecule has 0 radical (unpaired) electrons. The van der Waals surface area contributed by atoms with Gasteiger partial charge in [-0.3, -0.25) is 9.59 Å². The van der Waals surface area contributed by atoms with E-state index in [2.05, 4.69) is 10.6 Å². The zero-order valence-corrected chi connectivity index (χ0v) is 16.8. The summed E-state index contributed by atoms with van der Waals surface area (Å²) in [6, 6.07) is -0.898. The number of piperidine rings is 1. The van der Waals surface area contributed by atoms with Crippen molar-refractivity contribution in [2.75, 3.05) is 32.8 Å². The number of nitrogens with zero attached hydrogens (tertiary/aromatic N) is 1. The van der Waals surface area contributed by atoms with Crippen LogP contribution in [0.25, 0.3) is 0 Å². The fourth-order valence-electron chi connectivity index (χ4n) is 3.94. The van der Waals surface area contributed by atoms with Gasteiger partial charge >= 0.3 is 6.09 Å². The van der Waals surface area contributed by atoms with Crippen LogP contribution in [-0.2, 0) is 19.1 Å². The molecule has 3 heterocycles. The highest BCUT2D eigenvalue weighted by atomic mass is 16.6. The van der Waals surface area contributed by atoms with Crippen molar-refractivity contribution < 1.29 is 29.0 Å². The predicted molar refractivity (Wildman–Crippen MR) is 99.3 cm³/mol. The van der Waals surface area contributed by atoms with E-state index in [0.29, 0.717) is 39.3 Å². The monoisotopic (exact) mass is 397 g/mol. The fraction of sp³-hybridized carbons (Fsp3) is 0.842. The van der Waals surface area contributed by atoms with Crippen LogP contribution in [0.4, 0.5) is 4.79 Å². The van der Waals surface area contributed by atoms with Crippen LogP contribution in [0, 0.1) is 11.3 Å². The molecule has 3 aliphatic heterocycles. The van der Waals surface area contributed by atoms with E-state index in [9.17, 15) is 19.5 Å². The first-order chi connectivity index (χ1) is 13.1. The highest BCUT2D eigenvalue weighted by molar-refractivity contribution is 5.84. The molecule has 158 valence electrons. The Balaban J connectivity index is 1.64. The summed E-state index contributed by atoms with van der Waals surface area (Å²) < 4.78 is 10.5. The first-order valence-electron chi connectivity index (χ1n) is 9.90. The normalized spacial score (nSPS) is 25.8. The summed E-state index contributed by atoms with van der Waals surface area (Å²) in [4.78, 5) is 38.7. The zero-order chi connectivity index (χ0) is 20.5. The lowest BCUT2D eigenvalue weighted by atomic mass is 9.77. The topological polar surface area (TPSA) is 117 Å². The Morgan fingerprint density at radius 2 is 2.07 bits per heavy atom. The van der Waals surface area contributed by atoms with Crippen LogP contribution < -0.4 is 10.6 Å². The van der Waals surface area contributed by atoms with Crippen molar-refractivity contribution >= 4 is 17.9 Å². The van der Waals surface area contributed by atoms with E-state index in [4.69, 9.17) is 9.47 Å². The Kier molecular flexibility index (Phi) is 5.86. The van der Waals surface area contributed by atoms with E-state index in [1.807, 2.05) is 0 Å². The lowest BCUT2D eigenvalue weighted by molar-refractivity contribution is -0.200. The first kappa shape index (κ1) is 20.9. The molecule has 0 aromatic heterocycles. The van der Waals surface area contributed by atoms with Crippen LogP contribution in [-0.4, -0.2) is 78.5 Å². The van der Waals surface area contributed by atoms with E-state index >= 15 is 0 Å². The summed E-state index contributed by atoms with van der Waals surface area (Å²) in [5, 5.41) is 16.1. The van der Waals surface area contributed by atoms with Crippen molar-refractivity contribution in [2.24, 2.45) is 11.3 Å². The summed E-state index contributed by atoms with van der Waals surface area (Å²) in [5.41, 5.74) is -0.674. The van der Waals surface area contributed by atoms with Crippen LogP contribution in [0.3, 0.4) is 0 Å². The van der Waals surface area contributed by atoms with E-state index in [1.165, 1.54) is 0 Å². The Morgan fingerprint density at radius 1 is 1.39 bits per heavy atom. The van der Waals surface area contributed by atoms with E-state index in [1.54, 1.807) is 25.7 Å². The molecule has 9 heteroatoms. The summed E-state index contributed by atoms with van der Waals surface area (Å²) in [6.45, 7) is 8.19. The highest BCUT2D eigenvalue weighted by Gasteiger charge is 2.52. The zero-order valence-electron chi connectivity index (χ0n) is 16.8. The van der Waals surface area contributed by atoms with Crippen LogP contribution >= 0.6 is 0 Å². The van der Waals surface area contributed by atoms with E-state index < -0.39 is 29.7 Å². The maximum absolute atomic E-state index is 12.7. The minimum Gasteiger partial charge on any atom is -0.444 e. The molecule has 0 aromatic rings. The SMILES string of the molecule is CC(C)(C)OC(=O)N[C@@H](C[C@@H]1CCCNC1=O)C(O)C(=O)N1CC2(COC2)C1. The van der Waals surface area contributed by atoms with Crippen molar-refractivity contribution in [3.63, 3.8) is 0 Å². The van der Waals surface area contributed by atoms with Gasteiger partial charge in [-0.1, -0.05) is 0 Å². The Bertz CT molecular complexity index is 620. The van der Waals surface area contributed by atoms with Crippen molar-refractivity contribution in [3.8, 4) is 0 Å². The van der Waals surface area contributed by atoms with Gasteiger partial charge < -0.3 is 30.1 Å². The van der Waals surface area contributed by atoms with Crippen LogP contribution in [0.1, 0.15) is 40.0 Å². The largest absolute Gasteiger partial charge is 0.444 e. The number of carbonyl (C=O) groups is 3. The molecule has 9 nitrogen and oxygen atoms in total. The van der Waals surface area contributed by atoms with Gasteiger partial charge in [-0.2, -0.15) is 0 Å². The number of likely N-dealkylation sites (tertiary alicyclic amines) is 1. The Labute approximate surface area is 165 Å². The van der Waals surface area contributed by atoms with Crippen LogP contribution in [0.5, 0.6) is 0 Å². The maximum Gasteiger partial charge on any atom is 0.407 e. The first-order valence-corrected chi connectivity index (χ1v) is 9.90. The van der Waals surface area contributed by atoms with Gasteiger partial charge in [-0.15, -0.1) is 0 Å². The number of aliphatic hydroxyl groups excluding tert-OH is 1. The molecule has 28 heavy (non-hydrogen) atoms. The number of ether oxygens (including phenoxy) is 2. The van der Waals surface area contributed by atoms with E-state index in [-0.39, 0.29) is 23.7 Å². The molecular weight excluding hydrogens is 366 g/mol. The summed E-state index contributed by atoms with van der Waals surface area (Å²) >= 11 is 0. The third-order valence-electron chi connectivity index (χ3n) is 5.45. The molecule has 3 aliphatic rings. The molecular formula is C19H31N3O6. The number of amides is 3. The second-order valence-corrected chi connectivity index (χ2v) is 9.25. The number of carbonyl (C=O) groups excluding carboxylic acids is 3. The Morgan fingerprint density at radius 3 is 2.61 bits per heavy atom. The smallest absolute Gasteiger partial charge is 0.407 e. The average Bonchev–Trinajstić information content (AvgIpc) is 2.51. The third-order valence-corrected chi connectivity index (χ3v) is 5.45. The predicted octanol–water partition coefficient (Wildman–Crippen LogP) is 0.0157. The van der Waals surface area contributed by atoms with Gasteiger partial charge in [-0.25, -0.2) is 4.79 Å². The van der Waals surface area contributed by atoms with Gasteiger partial charge in [0, 0.05) is 25.6 Å². The minimum absolute atomic E-state index is 0.0345. The van der Waals surface area contributed by atoms with Crippen molar-refractivity contribution in [2.45, 2.75) is 57.8 Å². The second kappa shape index (κ2) is 7.87.